The van der Waals surface area contributed by atoms with Crippen molar-refractivity contribution >= 4 is 0 Å². The van der Waals surface area contributed by atoms with Gasteiger partial charge in [-0.15, -0.1) is 0 Å². The molecule has 2 aliphatic rings. The molecule has 3 rings (SSSR count). The minimum Gasteiger partial charge on any atom is -0.368 e. The summed E-state index contributed by atoms with van der Waals surface area (Å²) in [5.41, 5.74) is 1.15. The Bertz CT molecular complexity index is 394. The van der Waals surface area contributed by atoms with Gasteiger partial charge in [-0.2, -0.15) is 0 Å². The van der Waals surface area contributed by atoms with E-state index in [4.69, 9.17) is 18.9 Å². The fourth-order valence-corrected chi connectivity index (χ4v) is 2.48. The predicted octanol–water partition coefficient (Wildman–Crippen LogP) is 2.08. The maximum absolute atomic E-state index is 5.93. The summed E-state index contributed by atoms with van der Waals surface area (Å²) in [5.74, 6) is 0. The zero-order valence-electron chi connectivity index (χ0n) is 10.6. The summed E-state index contributed by atoms with van der Waals surface area (Å²) in [4.78, 5) is 0. The maximum Gasteiger partial charge on any atom is 0.189 e. The van der Waals surface area contributed by atoms with Crippen LogP contribution in [0.3, 0.4) is 0 Å². The number of rotatable bonds is 3. The van der Waals surface area contributed by atoms with Crippen LogP contribution in [0.25, 0.3) is 0 Å². The van der Waals surface area contributed by atoms with Gasteiger partial charge in [-0.1, -0.05) is 30.3 Å². The average molecular weight is 250 g/mol. The molecule has 4 heteroatoms. The van der Waals surface area contributed by atoms with Crippen LogP contribution in [0.15, 0.2) is 30.3 Å². The Balaban J connectivity index is 1.62. The molecule has 2 heterocycles. The molecule has 0 saturated carbocycles. The van der Waals surface area contributed by atoms with Crippen molar-refractivity contribution in [2.75, 3.05) is 0 Å². The first-order valence-corrected chi connectivity index (χ1v) is 6.36. The Morgan fingerprint density at radius 1 is 1.06 bits per heavy atom. The molecule has 5 atom stereocenters. The summed E-state index contributed by atoms with van der Waals surface area (Å²) in [6.45, 7) is 4.44. The number of ether oxygens (including phenoxy) is 4. The van der Waals surface area contributed by atoms with Gasteiger partial charge < -0.3 is 18.9 Å². The summed E-state index contributed by atoms with van der Waals surface area (Å²) in [7, 11) is 0. The topological polar surface area (TPSA) is 36.9 Å². The van der Waals surface area contributed by atoms with Crippen molar-refractivity contribution in [1.29, 1.82) is 0 Å². The summed E-state index contributed by atoms with van der Waals surface area (Å²) in [6, 6.07) is 10.1. The number of fused-ring (bicyclic) bond motifs is 1. The fourth-order valence-electron chi connectivity index (χ4n) is 2.48. The summed E-state index contributed by atoms with van der Waals surface area (Å²) in [6.07, 6.45) is -0.679. The second-order valence-electron chi connectivity index (χ2n) is 4.78. The Hall–Kier alpha value is -0.940. The lowest BCUT2D eigenvalue weighted by Gasteiger charge is -2.20. The van der Waals surface area contributed by atoms with Gasteiger partial charge in [-0.05, 0) is 19.4 Å². The molecule has 2 aliphatic heterocycles. The molecule has 1 aromatic carbocycles. The molecule has 0 radical (unpaired) electrons. The normalized spacial score (nSPS) is 38.9. The van der Waals surface area contributed by atoms with Crippen molar-refractivity contribution < 1.29 is 18.9 Å². The van der Waals surface area contributed by atoms with E-state index < -0.39 is 0 Å². The van der Waals surface area contributed by atoms with Crippen molar-refractivity contribution in [2.24, 2.45) is 0 Å². The Morgan fingerprint density at radius 3 is 2.61 bits per heavy atom. The van der Waals surface area contributed by atoms with Gasteiger partial charge in [-0.3, -0.25) is 0 Å². The second kappa shape index (κ2) is 4.97. The molecule has 0 aromatic heterocycles. The van der Waals surface area contributed by atoms with Gasteiger partial charge in [0.2, 0.25) is 0 Å². The van der Waals surface area contributed by atoms with Crippen molar-refractivity contribution in [3.8, 4) is 0 Å². The highest BCUT2D eigenvalue weighted by Gasteiger charge is 2.50. The first-order valence-electron chi connectivity index (χ1n) is 6.36. The molecule has 0 N–H and O–H groups in total. The number of hydrogen-bond acceptors (Lipinski definition) is 4. The van der Waals surface area contributed by atoms with E-state index in [9.17, 15) is 0 Å². The van der Waals surface area contributed by atoms with Crippen molar-refractivity contribution in [1.82, 2.24) is 0 Å². The van der Waals surface area contributed by atoms with Gasteiger partial charge in [0.05, 0.1) is 12.7 Å². The van der Waals surface area contributed by atoms with E-state index in [1.807, 2.05) is 44.2 Å². The van der Waals surface area contributed by atoms with E-state index in [-0.39, 0.29) is 30.9 Å². The Labute approximate surface area is 107 Å². The number of hydrogen-bond donors (Lipinski definition) is 0. The first kappa shape index (κ1) is 12.1. The van der Waals surface area contributed by atoms with E-state index in [1.54, 1.807) is 0 Å². The summed E-state index contributed by atoms with van der Waals surface area (Å²) < 4.78 is 22.8. The van der Waals surface area contributed by atoms with Crippen LogP contribution in [0.2, 0.25) is 0 Å². The third-order valence-electron chi connectivity index (χ3n) is 3.36. The summed E-state index contributed by atoms with van der Waals surface area (Å²) in [5, 5.41) is 0. The largest absolute Gasteiger partial charge is 0.368 e. The van der Waals surface area contributed by atoms with Crippen molar-refractivity contribution in [2.45, 2.75) is 51.3 Å². The van der Waals surface area contributed by atoms with Gasteiger partial charge in [0.25, 0.3) is 0 Å². The molecule has 0 spiro atoms. The molecule has 0 aliphatic carbocycles. The number of benzene rings is 1. The van der Waals surface area contributed by atoms with E-state index >= 15 is 0 Å². The lowest BCUT2D eigenvalue weighted by atomic mass is 10.1. The van der Waals surface area contributed by atoms with Crippen LogP contribution >= 0.6 is 0 Å². The quantitative estimate of drug-likeness (QED) is 0.823. The van der Waals surface area contributed by atoms with Crippen LogP contribution in [-0.2, 0) is 25.6 Å². The highest BCUT2D eigenvalue weighted by molar-refractivity contribution is 5.13. The molecule has 1 aromatic rings. The average Bonchev–Trinajstić information content (AvgIpc) is 2.84. The van der Waals surface area contributed by atoms with E-state index in [1.165, 1.54) is 0 Å². The van der Waals surface area contributed by atoms with Gasteiger partial charge in [0, 0.05) is 0 Å². The standard InChI is InChI=1S/C14H18O4/c1-9-12(13-14(16-9)18-10(2)17-13)15-8-11-6-4-3-5-7-11/h3-7,9-10,12-14H,8H2,1-2H3/t9-,10?,12+,13-,14-/m1/s1. The van der Waals surface area contributed by atoms with Crippen LogP contribution < -0.4 is 0 Å². The minimum absolute atomic E-state index is 0.00351. The molecule has 4 nitrogen and oxygen atoms in total. The smallest absolute Gasteiger partial charge is 0.189 e. The molecular formula is C14H18O4. The maximum atomic E-state index is 5.93. The third-order valence-corrected chi connectivity index (χ3v) is 3.36. The van der Waals surface area contributed by atoms with Crippen LogP contribution in [-0.4, -0.2) is 30.9 Å². The van der Waals surface area contributed by atoms with E-state index in [2.05, 4.69) is 0 Å². The first-order chi connectivity index (χ1) is 8.74. The molecule has 1 unspecified atom stereocenters. The summed E-state index contributed by atoms with van der Waals surface area (Å²) >= 11 is 0. The zero-order chi connectivity index (χ0) is 12.5. The van der Waals surface area contributed by atoms with Gasteiger partial charge in [-0.25, -0.2) is 0 Å². The van der Waals surface area contributed by atoms with E-state index in [0.29, 0.717) is 6.61 Å². The Kier molecular flexibility index (Phi) is 3.35. The van der Waals surface area contributed by atoms with Crippen LogP contribution in [0.4, 0.5) is 0 Å². The Morgan fingerprint density at radius 2 is 1.83 bits per heavy atom. The minimum atomic E-state index is -0.282. The molecule has 0 amide bonds. The van der Waals surface area contributed by atoms with Crippen LogP contribution in [0.5, 0.6) is 0 Å². The highest BCUT2D eigenvalue weighted by atomic mass is 16.8. The zero-order valence-corrected chi connectivity index (χ0v) is 10.6. The van der Waals surface area contributed by atoms with Gasteiger partial charge >= 0.3 is 0 Å². The van der Waals surface area contributed by atoms with E-state index in [0.717, 1.165) is 5.56 Å². The molecule has 2 fully saturated rings. The van der Waals surface area contributed by atoms with Crippen molar-refractivity contribution in [3.63, 3.8) is 0 Å². The van der Waals surface area contributed by atoms with Crippen molar-refractivity contribution in [3.05, 3.63) is 35.9 Å². The van der Waals surface area contributed by atoms with Gasteiger partial charge in [0.1, 0.15) is 12.2 Å². The molecule has 18 heavy (non-hydrogen) atoms. The fraction of sp³-hybridized carbons (Fsp3) is 0.571. The monoisotopic (exact) mass is 250 g/mol. The lowest BCUT2D eigenvalue weighted by Crippen LogP contribution is -2.33. The lowest BCUT2D eigenvalue weighted by molar-refractivity contribution is -0.163. The van der Waals surface area contributed by atoms with Crippen LogP contribution in [0.1, 0.15) is 19.4 Å². The SMILES string of the molecule is CC1O[C@H]2O[C@H](C)[C@H](OCc3ccccc3)[C@H]2O1. The molecule has 2 saturated heterocycles. The second-order valence-corrected chi connectivity index (χ2v) is 4.78. The third kappa shape index (κ3) is 2.29. The molecular weight excluding hydrogens is 232 g/mol. The predicted molar refractivity (Wildman–Crippen MR) is 64.8 cm³/mol. The van der Waals surface area contributed by atoms with Crippen LogP contribution in [0, 0.1) is 0 Å². The highest BCUT2D eigenvalue weighted by Crippen LogP contribution is 2.34. The van der Waals surface area contributed by atoms with Gasteiger partial charge in [0.15, 0.2) is 12.6 Å². The molecule has 0 bridgehead atoms. The molecule has 98 valence electrons.